The summed E-state index contributed by atoms with van der Waals surface area (Å²) in [7, 11) is 1.78. The maximum Gasteiger partial charge on any atom is 0.239 e. The van der Waals surface area contributed by atoms with Gasteiger partial charge in [0.1, 0.15) is 0 Å². The van der Waals surface area contributed by atoms with E-state index in [2.05, 4.69) is 11.4 Å². The van der Waals surface area contributed by atoms with Gasteiger partial charge in [-0.25, -0.2) is 0 Å². The van der Waals surface area contributed by atoms with Gasteiger partial charge in [0.2, 0.25) is 5.91 Å². The molecule has 0 bridgehead atoms. The molecule has 90 valence electrons. The molecular weight excluding hydrogens is 202 g/mol. The molecular formula is C12H21N3O. The number of amides is 1. The Bertz CT molecular complexity index is 264. The molecule has 16 heavy (non-hydrogen) atoms. The Labute approximate surface area is 97.6 Å². The molecule has 0 saturated carbocycles. The second-order valence-electron chi connectivity index (χ2n) is 4.60. The van der Waals surface area contributed by atoms with E-state index in [0.29, 0.717) is 6.54 Å². The van der Waals surface area contributed by atoms with Crippen molar-refractivity contribution in [2.24, 2.45) is 5.92 Å². The Hall–Kier alpha value is -1.08. The molecule has 0 aliphatic carbocycles. The SMILES string of the molecule is CC(C#N)CN(C)C(=O)C1CCCCCN1. The minimum Gasteiger partial charge on any atom is -0.343 e. The molecule has 0 spiro atoms. The molecule has 2 unspecified atom stereocenters. The van der Waals surface area contributed by atoms with Crippen molar-refractivity contribution in [3.63, 3.8) is 0 Å². The van der Waals surface area contributed by atoms with Gasteiger partial charge in [0.25, 0.3) is 0 Å². The summed E-state index contributed by atoms with van der Waals surface area (Å²) in [6, 6.07) is 2.11. The number of nitrogens with one attached hydrogen (secondary N) is 1. The number of likely N-dealkylation sites (N-methyl/N-ethyl adjacent to an activating group) is 1. The van der Waals surface area contributed by atoms with Crippen molar-refractivity contribution in [3.8, 4) is 6.07 Å². The number of hydrogen-bond acceptors (Lipinski definition) is 3. The third-order valence-electron chi connectivity index (χ3n) is 3.00. The van der Waals surface area contributed by atoms with Crippen LogP contribution in [0, 0.1) is 17.2 Å². The second-order valence-corrected chi connectivity index (χ2v) is 4.60. The highest BCUT2D eigenvalue weighted by atomic mass is 16.2. The fourth-order valence-corrected chi connectivity index (χ4v) is 2.05. The lowest BCUT2D eigenvalue weighted by molar-refractivity contribution is -0.132. The molecule has 1 heterocycles. The minimum atomic E-state index is -0.0975. The van der Waals surface area contributed by atoms with Crippen molar-refractivity contribution in [1.29, 1.82) is 5.26 Å². The molecule has 1 rings (SSSR count). The van der Waals surface area contributed by atoms with Crippen LogP contribution in [0.5, 0.6) is 0 Å². The molecule has 0 aromatic rings. The van der Waals surface area contributed by atoms with Crippen LogP contribution < -0.4 is 5.32 Å². The largest absolute Gasteiger partial charge is 0.343 e. The van der Waals surface area contributed by atoms with Gasteiger partial charge in [-0.2, -0.15) is 5.26 Å². The Balaban J connectivity index is 2.45. The number of carbonyl (C=O) groups excluding carboxylic acids is 1. The van der Waals surface area contributed by atoms with Crippen molar-refractivity contribution >= 4 is 5.91 Å². The van der Waals surface area contributed by atoms with Crippen LogP contribution in [0.3, 0.4) is 0 Å². The summed E-state index contributed by atoms with van der Waals surface area (Å²) < 4.78 is 0. The van der Waals surface area contributed by atoms with E-state index in [1.807, 2.05) is 6.92 Å². The Kier molecular flexibility index (Phi) is 5.27. The first-order valence-corrected chi connectivity index (χ1v) is 6.03. The minimum absolute atomic E-state index is 0.0432. The zero-order chi connectivity index (χ0) is 12.0. The van der Waals surface area contributed by atoms with Crippen LogP contribution in [0.4, 0.5) is 0 Å². The first kappa shape index (κ1) is 13.0. The van der Waals surface area contributed by atoms with E-state index >= 15 is 0 Å². The van der Waals surface area contributed by atoms with Crippen molar-refractivity contribution in [1.82, 2.24) is 10.2 Å². The third-order valence-corrected chi connectivity index (χ3v) is 3.00. The molecule has 0 aromatic carbocycles. The maximum atomic E-state index is 12.1. The van der Waals surface area contributed by atoms with E-state index in [1.165, 1.54) is 6.42 Å². The normalized spacial score (nSPS) is 22.9. The highest BCUT2D eigenvalue weighted by molar-refractivity contribution is 5.81. The fourth-order valence-electron chi connectivity index (χ4n) is 2.05. The predicted octanol–water partition coefficient (Wildman–Crippen LogP) is 1.14. The summed E-state index contributed by atoms with van der Waals surface area (Å²) in [5.41, 5.74) is 0. The molecule has 0 radical (unpaired) electrons. The van der Waals surface area contributed by atoms with E-state index in [0.717, 1.165) is 25.8 Å². The Morgan fingerprint density at radius 1 is 1.56 bits per heavy atom. The lowest BCUT2D eigenvalue weighted by Gasteiger charge is -2.24. The highest BCUT2D eigenvalue weighted by Gasteiger charge is 2.23. The van der Waals surface area contributed by atoms with E-state index in [1.54, 1.807) is 11.9 Å². The van der Waals surface area contributed by atoms with Crippen LogP contribution in [0.15, 0.2) is 0 Å². The molecule has 1 fully saturated rings. The van der Waals surface area contributed by atoms with Gasteiger partial charge in [0.15, 0.2) is 0 Å². The monoisotopic (exact) mass is 223 g/mol. The molecule has 2 atom stereocenters. The van der Waals surface area contributed by atoms with Crippen molar-refractivity contribution in [2.45, 2.75) is 38.6 Å². The number of rotatable bonds is 3. The van der Waals surface area contributed by atoms with Crippen LogP contribution in [0.2, 0.25) is 0 Å². The molecule has 1 amide bonds. The molecule has 0 aromatic heterocycles. The zero-order valence-corrected chi connectivity index (χ0v) is 10.2. The van der Waals surface area contributed by atoms with Crippen LogP contribution in [0.1, 0.15) is 32.6 Å². The van der Waals surface area contributed by atoms with Crippen molar-refractivity contribution in [2.75, 3.05) is 20.1 Å². The van der Waals surface area contributed by atoms with Crippen LogP contribution in [-0.4, -0.2) is 37.0 Å². The molecule has 1 N–H and O–H groups in total. The predicted molar refractivity (Wildman–Crippen MR) is 62.7 cm³/mol. The van der Waals surface area contributed by atoms with Gasteiger partial charge in [-0.15, -0.1) is 0 Å². The number of hydrogen-bond donors (Lipinski definition) is 1. The summed E-state index contributed by atoms with van der Waals surface area (Å²) in [5.74, 6) is 0.0312. The Morgan fingerprint density at radius 2 is 2.31 bits per heavy atom. The smallest absolute Gasteiger partial charge is 0.239 e. The summed E-state index contributed by atoms with van der Waals surface area (Å²) in [6.07, 6.45) is 4.40. The first-order chi connectivity index (χ1) is 7.65. The Morgan fingerprint density at radius 3 is 3.00 bits per heavy atom. The standard InChI is InChI=1S/C12H21N3O/c1-10(8-13)9-15(2)12(16)11-6-4-3-5-7-14-11/h10-11,14H,3-7,9H2,1-2H3. The second kappa shape index (κ2) is 6.49. The maximum absolute atomic E-state index is 12.1. The van der Waals surface area contributed by atoms with Gasteiger partial charge >= 0.3 is 0 Å². The van der Waals surface area contributed by atoms with Gasteiger partial charge in [0, 0.05) is 13.6 Å². The first-order valence-electron chi connectivity index (χ1n) is 6.03. The molecule has 4 nitrogen and oxygen atoms in total. The lowest BCUT2D eigenvalue weighted by Crippen LogP contribution is -2.45. The number of nitrogens with zero attached hydrogens (tertiary/aromatic N) is 2. The van der Waals surface area contributed by atoms with Gasteiger partial charge in [0.05, 0.1) is 18.0 Å². The van der Waals surface area contributed by atoms with E-state index < -0.39 is 0 Å². The lowest BCUT2D eigenvalue weighted by atomic mass is 10.1. The van der Waals surface area contributed by atoms with Crippen LogP contribution in [-0.2, 0) is 4.79 Å². The number of nitriles is 1. The van der Waals surface area contributed by atoms with Gasteiger partial charge in [-0.3, -0.25) is 4.79 Å². The highest BCUT2D eigenvalue weighted by Crippen LogP contribution is 2.10. The average molecular weight is 223 g/mol. The summed E-state index contributed by atoms with van der Waals surface area (Å²) in [5, 5.41) is 12.0. The number of carbonyl (C=O) groups is 1. The van der Waals surface area contributed by atoms with E-state index in [-0.39, 0.29) is 17.9 Å². The average Bonchev–Trinajstić information content (AvgIpc) is 2.56. The summed E-state index contributed by atoms with van der Waals surface area (Å²) in [6.45, 7) is 3.29. The van der Waals surface area contributed by atoms with E-state index in [4.69, 9.17) is 5.26 Å². The summed E-state index contributed by atoms with van der Waals surface area (Å²) in [4.78, 5) is 13.7. The molecule has 1 aliphatic rings. The summed E-state index contributed by atoms with van der Waals surface area (Å²) >= 11 is 0. The topological polar surface area (TPSA) is 56.1 Å². The molecule has 1 aliphatic heterocycles. The van der Waals surface area contributed by atoms with Crippen LogP contribution in [0.25, 0.3) is 0 Å². The van der Waals surface area contributed by atoms with Crippen molar-refractivity contribution < 1.29 is 4.79 Å². The third kappa shape index (κ3) is 3.82. The van der Waals surface area contributed by atoms with Crippen molar-refractivity contribution in [3.05, 3.63) is 0 Å². The quantitative estimate of drug-likeness (QED) is 0.780. The van der Waals surface area contributed by atoms with E-state index in [9.17, 15) is 4.79 Å². The fraction of sp³-hybridized carbons (Fsp3) is 0.833. The van der Waals surface area contributed by atoms with Crippen LogP contribution >= 0.6 is 0 Å². The molecule has 4 heteroatoms. The van der Waals surface area contributed by atoms with Gasteiger partial charge in [-0.05, 0) is 26.3 Å². The van der Waals surface area contributed by atoms with Gasteiger partial charge < -0.3 is 10.2 Å². The molecule has 1 saturated heterocycles. The zero-order valence-electron chi connectivity index (χ0n) is 10.2. The van der Waals surface area contributed by atoms with Gasteiger partial charge in [-0.1, -0.05) is 12.8 Å².